The fourth-order valence-corrected chi connectivity index (χ4v) is 3.77. The van der Waals surface area contributed by atoms with Crippen molar-refractivity contribution in [1.82, 2.24) is 19.9 Å². The van der Waals surface area contributed by atoms with Crippen LogP contribution in [0.1, 0.15) is 29.7 Å². The van der Waals surface area contributed by atoms with Gasteiger partial charge in [-0.3, -0.25) is 9.88 Å². The summed E-state index contributed by atoms with van der Waals surface area (Å²) in [6.07, 6.45) is 0.147. The maximum absolute atomic E-state index is 13.4. The van der Waals surface area contributed by atoms with Crippen molar-refractivity contribution in [2.75, 3.05) is 18.4 Å². The molecule has 3 aromatic rings. The molecule has 31 heavy (non-hydrogen) atoms. The zero-order valence-electron chi connectivity index (χ0n) is 17.2. The van der Waals surface area contributed by atoms with Crippen molar-refractivity contribution < 1.29 is 13.2 Å². The Kier molecular flexibility index (Phi) is 6.18. The van der Waals surface area contributed by atoms with Gasteiger partial charge in [-0.1, -0.05) is 24.3 Å². The molecular weight excluding hydrogens is 403 g/mol. The van der Waals surface area contributed by atoms with Crippen LogP contribution in [0.15, 0.2) is 54.9 Å². The van der Waals surface area contributed by atoms with Gasteiger partial charge in [0.2, 0.25) is 0 Å². The Labute approximate surface area is 179 Å². The molecule has 0 spiro atoms. The Morgan fingerprint density at radius 3 is 2.42 bits per heavy atom. The highest BCUT2D eigenvalue weighted by Gasteiger charge is 2.34. The second-order valence-corrected chi connectivity index (χ2v) is 7.82. The van der Waals surface area contributed by atoms with Crippen LogP contribution in [0.2, 0.25) is 0 Å². The van der Waals surface area contributed by atoms with Gasteiger partial charge >= 0.3 is 6.18 Å². The first-order chi connectivity index (χ1) is 14.9. The summed E-state index contributed by atoms with van der Waals surface area (Å²) in [7, 11) is 0. The van der Waals surface area contributed by atoms with E-state index in [0.717, 1.165) is 38.5 Å². The minimum atomic E-state index is -4.54. The van der Waals surface area contributed by atoms with E-state index in [2.05, 4.69) is 44.2 Å². The molecule has 1 N–H and O–H groups in total. The lowest BCUT2D eigenvalue weighted by Crippen LogP contribution is -2.39. The summed E-state index contributed by atoms with van der Waals surface area (Å²) >= 11 is 0. The highest BCUT2D eigenvalue weighted by atomic mass is 19.4. The number of hydrogen-bond donors (Lipinski definition) is 1. The SMILES string of the molecule is Cc1ccccc1CN1CCC(Nc2cc(C(F)(F)F)nc(-c3ccncc3)n2)CC1. The smallest absolute Gasteiger partial charge is 0.367 e. The largest absolute Gasteiger partial charge is 0.433 e. The third-order valence-electron chi connectivity index (χ3n) is 5.55. The van der Waals surface area contributed by atoms with Crippen LogP contribution < -0.4 is 5.32 Å². The van der Waals surface area contributed by atoms with E-state index in [0.29, 0.717) is 5.56 Å². The summed E-state index contributed by atoms with van der Waals surface area (Å²) in [5, 5.41) is 3.21. The maximum Gasteiger partial charge on any atom is 0.433 e. The summed E-state index contributed by atoms with van der Waals surface area (Å²) in [5.41, 5.74) is 2.12. The lowest BCUT2D eigenvalue weighted by Gasteiger charge is -2.33. The number of hydrogen-bond acceptors (Lipinski definition) is 5. The van der Waals surface area contributed by atoms with Crippen molar-refractivity contribution in [2.24, 2.45) is 0 Å². The van der Waals surface area contributed by atoms with E-state index in [9.17, 15) is 13.2 Å². The lowest BCUT2D eigenvalue weighted by molar-refractivity contribution is -0.141. The fraction of sp³-hybridized carbons (Fsp3) is 0.348. The van der Waals surface area contributed by atoms with Crippen LogP contribution in [0.5, 0.6) is 0 Å². The number of pyridine rings is 1. The number of halogens is 3. The highest BCUT2D eigenvalue weighted by Crippen LogP contribution is 2.31. The van der Waals surface area contributed by atoms with Crippen molar-refractivity contribution in [3.05, 3.63) is 71.7 Å². The Morgan fingerprint density at radius 1 is 1.03 bits per heavy atom. The predicted octanol–water partition coefficient (Wildman–Crippen LogP) is 4.94. The Bertz CT molecular complexity index is 1020. The summed E-state index contributed by atoms with van der Waals surface area (Å²) in [6, 6.07) is 12.6. The number of benzene rings is 1. The van der Waals surface area contributed by atoms with E-state index in [1.807, 2.05) is 12.1 Å². The molecule has 5 nitrogen and oxygen atoms in total. The number of alkyl halides is 3. The van der Waals surface area contributed by atoms with Gasteiger partial charge in [0.1, 0.15) is 5.82 Å². The van der Waals surface area contributed by atoms with Crippen LogP contribution >= 0.6 is 0 Å². The summed E-state index contributed by atoms with van der Waals surface area (Å²) in [4.78, 5) is 14.4. The molecule has 3 heterocycles. The van der Waals surface area contributed by atoms with Crippen LogP contribution in [0.25, 0.3) is 11.4 Å². The van der Waals surface area contributed by atoms with Gasteiger partial charge in [-0.2, -0.15) is 13.2 Å². The van der Waals surface area contributed by atoms with Crippen LogP contribution in [0.4, 0.5) is 19.0 Å². The zero-order chi connectivity index (χ0) is 21.8. The minimum Gasteiger partial charge on any atom is -0.367 e. The van der Waals surface area contributed by atoms with Gasteiger partial charge in [0.15, 0.2) is 11.5 Å². The molecule has 0 saturated carbocycles. The molecule has 2 aromatic heterocycles. The van der Waals surface area contributed by atoms with Crippen molar-refractivity contribution in [2.45, 2.75) is 38.5 Å². The quantitative estimate of drug-likeness (QED) is 0.625. The Balaban J connectivity index is 1.45. The molecule has 4 rings (SSSR count). The molecule has 0 amide bonds. The second kappa shape index (κ2) is 9.01. The molecule has 8 heteroatoms. The molecular formula is C23H24F3N5. The van der Waals surface area contributed by atoms with Gasteiger partial charge in [0.25, 0.3) is 0 Å². The average molecular weight is 427 g/mol. The number of nitrogens with one attached hydrogen (secondary N) is 1. The molecule has 162 valence electrons. The molecule has 0 radical (unpaired) electrons. The minimum absolute atomic E-state index is 0.0386. The van der Waals surface area contributed by atoms with E-state index in [4.69, 9.17) is 0 Å². The molecule has 1 aromatic carbocycles. The molecule has 1 saturated heterocycles. The first-order valence-electron chi connectivity index (χ1n) is 10.3. The number of likely N-dealkylation sites (tertiary alicyclic amines) is 1. The normalized spacial score (nSPS) is 15.7. The monoisotopic (exact) mass is 427 g/mol. The number of rotatable bonds is 5. The number of aryl methyl sites for hydroxylation is 1. The van der Waals surface area contributed by atoms with E-state index in [1.165, 1.54) is 23.5 Å². The number of aromatic nitrogens is 3. The summed E-state index contributed by atoms with van der Waals surface area (Å²) < 4.78 is 40.2. The van der Waals surface area contributed by atoms with Crippen molar-refractivity contribution in [3.63, 3.8) is 0 Å². The molecule has 0 atom stereocenters. The lowest BCUT2D eigenvalue weighted by atomic mass is 10.0. The fourth-order valence-electron chi connectivity index (χ4n) is 3.77. The van der Waals surface area contributed by atoms with Gasteiger partial charge < -0.3 is 5.32 Å². The van der Waals surface area contributed by atoms with E-state index in [-0.39, 0.29) is 17.7 Å². The molecule has 0 bridgehead atoms. The zero-order valence-corrected chi connectivity index (χ0v) is 17.2. The van der Waals surface area contributed by atoms with Gasteiger partial charge in [-0.05, 0) is 43.0 Å². The van der Waals surface area contributed by atoms with E-state index < -0.39 is 11.9 Å². The molecule has 0 unspecified atom stereocenters. The first kappa shape index (κ1) is 21.2. The first-order valence-corrected chi connectivity index (χ1v) is 10.3. The second-order valence-electron chi connectivity index (χ2n) is 7.82. The topological polar surface area (TPSA) is 53.9 Å². The average Bonchev–Trinajstić information content (AvgIpc) is 2.76. The van der Waals surface area contributed by atoms with E-state index >= 15 is 0 Å². The van der Waals surface area contributed by atoms with Gasteiger partial charge in [-0.25, -0.2) is 9.97 Å². The standard InChI is InChI=1S/C23H24F3N5/c1-16-4-2-3-5-18(16)15-31-12-8-19(9-13-31)28-21-14-20(23(24,25)26)29-22(30-21)17-6-10-27-11-7-17/h2-7,10-11,14,19H,8-9,12-13,15H2,1H3,(H,28,29,30). The Morgan fingerprint density at radius 2 is 1.74 bits per heavy atom. The number of piperidine rings is 1. The molecule has 1 aliphatic rings. The Hall–Kier alpha value is -3.00. The predicted molar refractivity (Wildman–Crippen MR) is 113 cm³/mol. The van der Waals surface area contributed by atoms with Gasteiger partial charge in [-0.15, -0.1) is 0 Å². The summed E-state index contributed by atoms with van der Waals surface area (Å²) in [5.74, 6) is 0.239. The third-order valence-corrected chi connectivity index (χ3v) is 5.55. The van der Waals surface area contributed by atoms with Crippen LogP contribution in [-0.4, -0.2) is 39.0 Å². The van der Waals surface area contributed by atoms with Crippen LogP contribution in [0.3, 0.4) is 0 Å². The third kappa shape index (κ3) is 5.38. The molecule has 0 aliphatic carbocycles. The van der Waals surface area contributed by atoms with E-state index in [1.54, 1.807) is 12.1 Å². The number of nitrogens with zero attached hydrogens (tertiary/aromatic N) is 4. The van der Waals surface area contributed by atoms with Gasteiger partial charge in [0, 0.05) is 49.7 Å². The van der Waals surface area contributed by atoms with Gasteiger partial charge in [0.05, 0.1) is 0 Å². The molecule has 1 fully saturated rings. The van der Waals surface area contributed by atoms with Crippen molar-refractivity contribution >= 4 is 5.82 Å². The maximum atomic E-state index is 13.4. The van der Waals surface area contributed by atoms with Crippen molar-refractivity contribution in [1.29, 1.82) is 0 Å². The summed E-state index contributed by atoms with van der Waals surface area (Å²) in [6.45, 7) is 4.75. The molecule has 1 aliphatic heterocycles. The number of anilines is 1. The van der Waals surface area contributed by atoms with Crippen molar-refractivity contribution in [3.8, 4) is 11.4 Å². The van der Waals surface area contributed by atoms with Crippen LogP contribution in [0, 0.1) is 6.92 Å². The van der Waals surface area contributed by atoms with Crippen LogP contribution in [-0.2, 0) is 12.7 Å². The highest BCUT2D eigenvalue weighted by molar-refractivity contribution is 5.57.